The van der Waals surface area contributed by atoms with Crippen molar-refractivity contribution >= 4 is 5.82 Å². The fourth-order valence-electron chi connectivity index (χ4n) is 2.51. The van der Waals surface area contributed by atoms with Gasteiger partial charge >= 0.3 is 0 Å². The number of aromatic nitrogens is 1. The zero-order valence-corrected chi connectivity index (χ0v) is 11.8. The van der Waals surface area contributed by atoms with Crippen LogP contribution in [0.1, 0.15) is 37.4 Å². The van der Waals surface area contributed by atoms with Crippen molar-refractivity contribution in [2.24, 2.45) is 0 Å². The highest BCUT2D eigenvalue weighted by Crippen LogP contribution is 2.15. The summed E-state index contributed by atoms with van der Waals surface area (Å²) in [6.07, 6.45) is 3.96. The van der Waals surface area contributed by atoms with Crippen LogP contribution in [-0.2, 0) is 0 Å². The zero-order valence-electron chi connectivity index (χ0n) is 11.8. The predicted molar refractivity (Wildman–Crippen MR) is 77.1 cm³/mol. The minimum Gasteiger partial charge on any atom is -0.367 e. The first kappa shape index (κ1) is 13.8. The van der Waals surface area contributed by atoms with Gasteiger partial charge in [0.1, 0.15) is 11.9 Å². The van der Waals surface area contributed by atoms with Crippen LogP contribution in [0.5, 0.6) is 0 Å². The molecule has 0 saturated carbocycles. The number of piperidine rings is 1. The van der Waals surface area contributed by atoms with Crippen LogP contribution < -0.4 is 5.32 Å². The Morgan fingerprint density at radius 2 is 2.11 bits per heavy atom. The van der Waals surface area contributed by atoms with E-state index in [4.69, 9.17) is 5.26 Å². The van der Waals surface area contributed by atoms with Crippen molar-refractivity contribution in [3.05, 3.63) is 23.4 Å². The van der Waals surface area contributed by atoms with Gasteiger partial charge in [-0.25, -0.2) is 4.98 Å². The van der Waals surface area contributed by atoms with Crippen molar-refractivity contribution in [2.75, 3.05) is 25.0 Å². The number of aryl methyl sites for hydroxylation is 1. The lowest BCUT2D eigenvalue weighted by atomic mass is 10.1. The van der Waals surface area contributed by atoms with E-state index in [9.17, 15) is 0 Å². The Morgan fingerprint density at radius 3 is 2.79 bits per heavy atom. The molecular weight excluding hydrogens is 236 g/mol. The van der Waals surface area contributed by atoms with E-state index in [2.05, 4.69) is 28.2 Å². The summed E-state index contributed by atoms with van der Waals surface area (Å²) in [5.74, 6) is 0.714. The Hall–Kier alpha value is -1.60. The van der Waals surface area contributed by atoms with Crippen molar-refractivity contribution < 1.29 is 0 Å². The molecule has 1 N–H and O–H groups in total. The monoisotopic (exact) mass is 258 g/mol. The molecule has 0 aliphatic carbocycles. The lowest BCUT2D eigenvalue weighted by molar-refractivity contribution is 0.180. The maximum absolute atomic E-state index is 9.08. The van der Waals surface area contributed by atoms with Crippen LogP contribution in [0.2, 0.25) is 0 Å². The highest BCUT2D eigenvalue weighted by Gasteiger charge is 2.16. The minimum atomic E-state index is 0.481. The van der Waals surface area contributed by atoms with Crippen LogP contribution in [0, 0.1) is 18.3 Å². The van der Waals surface area contributed by atoms with Gasteiger partial charge in [0, 0.05) is 18.3 Å². The van der Waals surface area contributed by atoms with Crippen LogP contribution in [0.4, 0.5) is 5.82 Å². The second-order valence-corrected chi connectivity index (χ2v) is 5.29. The molecule has 1 atom stereocenters. The third kappa shape index (κ3) is 3.68. The highest BCUT2D eigenvalue weighted by atomic mass is 15.2. The molecule has 0 aromatic carbocycles. The third-order valence-electron chi connectivity index (χ3n) is 3.73. The second-order valence-electron chi connectivity index (χ2n) is 5.29. The molecule has 1 aromatic rings. The summed E-state index contributed by atoms with van der Waals surface area (Å²) in [5.41, 5.74) is 1.56. The van der Waals surface area contributed by atoms with Gasteiger partial charge in [0.15, 0.2) is 0 Å². The molecule has 1 fully saturated rings. The summed E-state index contributed by atoms with van der Waals surface area (Å²) < 4.78 is 0. The average molecular weight is 258 g/mol. The third-order valence-corrected chi connectivity index (χ3v) is 3.73. The molecule has 1 saturated heterocycles. The summed E-state index contributed by atoms with van der Waals surface area (Å²) in [4.78, 5) is 6.92. The molecular formula is C15H22N4. The topological polar surface area (TPSA) is 52.0 Å². The molecule has 0 radical (unpaired) electrons. The minimum absolute atomic E-state index is 0.481. The molecule has 102 valence electrons. The van der Waals surface area contributed by atoms with E-state index < -0.39 is 0 Å². The molecule has 2 rings (SSSR count). The molecule has 0 bridgehead atoms. The van der Waals surface area contributed by atoms with Crippen molar-refractivity contribution in [2.45, 2.75) is 39.2 Å². The first-order chi connectivity index (χ1) is 9.20. The zero-order chi connectivity index (χ0) is 13.7. The molecule has 1 unspecified atom stereocenters. The number of anilines is 1. The first-order valence-corrected chi connectivity index (χ1v) is 7.06. The van der Waals surface area contributed by atoms with E-state index in [-0.39, 0.29) is 0 Å². The van der Waals surface area contributed by atoms with E-state index in [1.165, 1.54) is 32.4 Å². The SMILES string of the molecule is Cc1ccc(C#N)c(NCC(C)N2CCCCC2)n1. The quantitative estimate of drug-likeness (QED) is 0.901. The maximum Gasteiger partial charge on any atom is 0.144 e. The van der Waals surface area contributed by atoms with Crippen LogP contribution in [-0.4, -0.2) is 35.6 Å². The van der Waals surface area contributed by atoms with Gasteiger partial charge in [-0.15, -0.1) is 0 Å². The predicted octanol–water partition coefficient (Wildman–Crippen LogP) is 2.55. The van der Waals surface area contributed by atoms with E-state index in [0.717, 1.165) is 12.2 Å². The van der Waals surface area contributed by atoms with E-state index in [1.54, 1.807) is 0 Å². The molecule has 0 spiro atoms. The van der Waals surface area contributed by atoms with Crippen LogP contribution in [0.25, 0.3) is 0 Å². The molecule has 1 aliphatic heterocycles. The van der Waals surface area contributed by atoms with Gasteiger partial charge in [-0.05, 0) is 51.9 Å². The summed E-state index contributed by atoms with van der Waals surface area (Å²) in [6.45, 7) is 7.40. The Balaban J connectivity index is 1.94. The summed E-state index contributed by atoms with van der Waals surface area (Å²) in [7, 11) is 0. The summed E-state index contributed by atoms with van der Waals surface area (Å²) in [6, 6.07) is 6.37. The van der Waals surface area contributed by atoms with Crippen molar-refractivity contribution in [3.8, 4) is 6.07 Å². The number of likely N-dealkylation sites (tertiary alicyclic amines) is 1. The molecule has 19 heavy (non-hydrogen) atoms. The van der Waals surface area contributed by atoms with Crippen molar-refractivity contribution in [1.82, 2.24) is 9.88 Å². The van der Waals surface area contributed by atoms with Gasteiger partial charge < -0.3 is 5.32 Å². The smallest absolute Gasteiger partial charge is 0.144 e. The largest absolute Gasteiger partial charge is 0.367 e. The molecule has 1 aliphatic rings. The Morgan fingerprint density at radius 1 is 1.37 bits per heavy atom. The molecule has 2 heterocycles. The number of pyridine rings is 1. The van der Waals surface area contributed by atoms with E-state index in [0.29, 0.717) is 17.4 Å². The van der Waals surface area contributed by atoms with Crippen LogP contribution >= 0.6 is 0 Å². The fourth-order valence-corrected chi connectivity index (χ4v) is 2.51. The normalized spacial score (nSPS) is 17.7. The second kappa shape index (κ2) is 6.53. The molecule has 4 nitrogen and oxygen atoms in total. The van der Waals surface area contributed by atoms with Crippen molar-refractivity contribution in [3.63, 3.8) is 0 Å². The van der Waals surface area contributed by atoms with Gasteiger partial charge in [-0.1, -0.05) is 6.42 Å². The van der Waals surface area contributed by atoms with Gasteiger partial charge in [0.2, 0.25) is 0 Å². The average Bonchev–Trinajstić information content (AvgIpc) is 2.46. The fraction of sp³-hybridized carbons (Fsp3) is 0.600. The van der Waals surface area contributed by atoms with Gasteiger partial charge in [-0.3, -0.25) is 4.90 Å². The highest BCUT2D eigenvalue weighted by molar-refractivity contribution is 5.52. The molecule has 4 heteroatoms. The first-order valence-electron chi connectivity index (χ1n) is 7.06. The van der Waals surface area contributed by atoms with Gasteiger partial charge in [0.05, 0.1) is 5.56 Å². The van der Waals surface area contributed by atoms with E-state index >= 15 is 0 Å². The summed E-state index contributed by atoms with van der Waals surface area (Å²) in [5, 5.41) is 12.4. The number of hydrogen-bond acceptors (Lipinski definition) is 4. The molecule has 1 aromatic heterocycles. The standard InChI is InChI=1S/C15H22N4/c1-12-6-7-14(10-16)15(18-12)17-11-13(2)19-8-4-3-5-9-19/h6-7,13H,3-5,8-9,11H2,1-2H3,(H,17,18). The van der Waals surface area contributed by atoms with E-state index in [1.807, 2.05) is 19.1 Å². The Kier molecular flexibility index (Phi) is 4.75. The number of nitrogens with one attached hydrogen (secondary N) is 1. The number of hydrogen-bond donors (Lipinski definition) is 1. The van der Waals surface area contributed by atoms with Gasteiger partial charge in [0.25, 0.3) is 0 Å². The number of rotatable bonds is 4. The van der Waals surface area contributed by atoms with Crippen molar-refractivity contribution in [1.29, 1.82) is 5.26 Å². The summed E-state index contributed by atoms with van der Waals surface area (Å²) >= 11 is 0. The van der Waals surface area contributed by atoms with Gasteiger partial charge in [-0.2, -0.15) is 5.26 Å². The maximum atomic E-state index is 9.08. The Labute approximate surface area is 115 Å². The van der Waals surface area contributed by atoms with Crippen LogP contribution in [0.3, 0.4) is 0 Å². The lowest BCUT2D eigenvalue weighted by Crippen LogP contribution is -2.41. The molecule has 0 amide bonds. The van der Waals surface area contributed by atoms with Crippen LogP contribution in [0.15, 0.2) is 12.1 Å². The number of nitrogens with zero attached hydrogens (tertiary/aromatic N) is 3. The number of nitriles is 1. The lowest BCUT2D eigenvalue weighted by Gasteiger charge is -2.32. The Bertz CT molecular complexity index is 458.